The number of anilines is 1. The van der Waals surface area contributed by atoms with Crippen molar-refractivity contribution in [2.24, 2.45) is 5.92 Å². The summed E-state index contributed by atoms with van der Waals surface area (Å²) in [6, 6.07) is 2.57. The van der Waals surface area contributed by atoms with Crippen molar-refractivity contribution < 1.29 is 22.9 Å². The topological polar surface area (TPSA) is 78.7 Å². The summed E-state index contributed by atoms with van der Waals surface area (Å²) in [5.74, 6) is -0.241. The van der Waals surface area contributed by atoms with Gasteiger partial charge in [0.05, 0.1) is 10.5 Å². The van der Waals surface area contributed by atoms with Gasteiger partial charge in [0, 0.05) is 38.2 Å². The maximum absolute atomic E-state index is 12.9. The number of likely N-dealkylation sites (N-methyl/N-ethyl adjacent to an activating group) is 1. The zero-order valence-electron chi connectivity index (χ0n) is 16.7. The molecular weight excluding hydrogens is 389 g/mol. The summed E-state index contributed by atoms with van der Waals surface area (Å²) in [6.45, 7) is 8.03. The predicted octanol–water partition coefficient (Wildman–Crippen LogP) is 3.29. The van der Waals surface area contributed by atoms with Crippen molar-refractivity contribution in [1.82, 2.24) is 10.2 Å². The van der Waals surface area contributed by atoms with Gasteiger partial charge in [-0.15, -0.1) is 0 Å². The largest absolute Gasteiger partial charge is 0.416 e. The Hall–Kier alpha value is -2.36. The second-order valence-electron chi connectivity index (χ2n) is 7.04. The van der Waals surface area contributed by atoms with E-state index in [9.17, 15) is 28.1 Å². The maximum atomic E-state index is 12.9. The van der Waals surface area contributed by atoms with Crippen molar-refractivity contribution >= 4 is 17.3 Å². The molecule has 1 N–H and O–H groups in total. The molecule has 10 heteroatoms. The van der Waals surface area contributed by atoms with Gasteiger partial charge in [-0.25, -0.2) is 0 Å². The summed E-state index contributed by atoms with van der Waals surface area (Å²) in [6.07, 6.45) is -3.65. The molecule has 2 rings (SSSR count). The third kappa shape index (κ3) is 6.06. The molecule has 29 heavy (non-hydrogen) atoms. The fourth-order valence-electron chi connectivity index (χ4n) is 3.52. The second-order valence-corrected chi connectivity index (χ2v) is 7.04. The summed E-state index contributed by atoms with van der Waals surface area (Å²) in [7, 11) is 0. The molecule has 0 radical (unpaired) electrons. The number of halogens is 3. The number of nitro groups is 1. The molecule has 0 bridgehead atoms. The van der Waals surface area contributed by atoms with Gasteiger partial charge < -0.3 is 15.1 Å². The Morgan fingerprint density at radius 1 is 1.28 bits per heavy atom. The van der Waals surface area contributed by atoms with E-state index >= 15 is 0 Å². The molecule has 7 nitrogen and oxygen atoms in total. The minimum atomic E-state index is -4.64. The van der Waals surface area contributed by atoms with Crippen molar-refractivity contribution in [2.45, 2.75) is 32.9 Å². The number of alkyl halides is 3. The number of nitro benzene ring substituents is 1. The van der Waals surface area contributed by atoms with Gasteiger partial charge >= 0.3 is 6.18 Å². The van der Waals surface area contributed by atoms with Gasteiger partial charge in [-0.1, -0.05) is 13.8 Å². The van der Waals surface area contributed by atoms with Crippen molar-refractivity contribution in [2.75, 3.05) is 44.2 Å². The highest BCUT2D eigenvalue weighted by Gasteiger charge is 2.34. The van der Waals surface area contributed by atoms with Crippen LogP contribution in [0.15, 0.2) is 18.2 Å². The summed E-state index contributed by atoms with van der Waals surface area (Å²) < 4.78 is 38.6. The number of hydrogen-bond donors (Lipinski definition) is 1. The van der Waals surface area contributed by atoms with Crippen LogP contribution in [0.3, 0.4) is 0 Å². The molecular formula is C19H27F3N4O3. The zero-order valence-corrected chi connectivity index (χ0v) is 16.7. The molecule has 1 saturated heterocycles. The molecule has 162 valence electrons. The molecule has 1 aromatic rings. The van der Waals surface area contributed by atoms with Gasteiger partial charge in [-0.2, -0.15) is 13.2 Å². The van der Waals surface area contributed by atoms with E-state index in [1.807, 2.05) is 0 Å². The molecule has 0 atom stereocenters. The Morgan fingerprint density at radius 3 is 2.41 bits per heavy atom. The van der Waals surface area contributed by atoms with Crippen LogP contribution in [0.25, 0.3) is 0 Å². The van der Waals surface area contributed by atoms with Gasteiger partial charge in [0.15, 0.2) is 0 Å². The summed E-state index contributed by atoms with van der Waals surface area (Å²) >= 11 is 0. The lowest BCUT2D eigenvalue weighted by atomic mass is 9.95. The number of nitrogens with zero attached hydrogens (tertiary/aromatic N) is 3. The van der Waals surface area contributed by atoms with Crippen LogP contribution in [0.4, 0.5) is 24.5 Å². The van der Waals surface area contributed by atoms with Crippen molar-refractivity contribution in [3.63, 3.8) is 0 Å². The molecule has 1 fully saturated rings. The summed E-state index contributed by atoms with van der Waals surface area (Å²) in [5.41, 5.74) is -1.46. The Labute approximate surface area is 168 Å². The molecule has 0 saturated carbocycles. The monoisotopic (exact) mass is 416 g/mol. The van der Waals surface area contributed by atoms with E-state index in [1.54, 1.807) is 4.90 Å². The number of hydrogen-bond acceptors (Lipinski definition) is 5. The molecule has 0 aliphatic carbocycles. The fraction of sp³-hybridized carbons (Fsp3) is 0.632. The minimum absolute atomic E-state index is 0.0428. The van der Waals surface area contributed by atoms with Gasteiger partial charge in [-0.3, -0.25) is 14.9 Å². The highest BCUT2D eigenvalue weighted by Crippen LogP contribution is 2.37. The molecule has 1 amide bonds. The number of carbonyl (C=O) groups excluding carboxylic acids is 1. The number of carbonyl (C=O) groups is 1. The first-order chi connectivity index (χ1) is 13.7. The first-order valence-corrected chi connectivity index (χ1v) is 9.78. The highest BCUT2D eigenvalue weighted by molar-refractivity contribution is 5.79. The quantitative estimate of drug-likeness (QED) is 0.520. The SMILES string of the molecule is CCN(CC)CCNC(=O)C1CCN(c2ccc(C(F)(F)F)cc2[N+](=O)[O-])CC1. The Balaban J connectivity index is 1.96. The standard InChI is InChI=1S/C19H27F3N4O3/c1-3-24(4-2)12-9-23-18(27)14-7-10-25(11-8-14)16-6-5-15(19(20,21)22)13-17(16)26(28)29/h5-6,13-14H,3-4,7-12H2,1-2H3,(H,23,27). The lowest BCUT2D eigenvalue weighted by Crippen LogP contribution is -2.42. The predicted molar refractivity (Wildman–Crippen MR) is 104 cm³/mol. The molecule has 1 aliphatic rings. The van der Waals surface area contributed by atoms with Crippen molar-refractivity contribution in [3.8, 4) is 0 Å². The average molecular weight is 416 g/mol. The van der Waals surface area contributed by atoms with Gasteiger partial charge in [-0.05, 0) is 38.1 Å². The van der Waals surface area contributed by atoms with Crippen molar-refractivity contribution in [1.29, 1.82) is 0 Å². The Bertz CT molecular complexity index is 715. The third-order valence-electron chi connectivity index (χ3n) is 5.33. The van der Waals surface area contributed by atoms with E-state index in [2.05, 4.69) is 24.1 Å². The van der Waals surface area contributed by atoms with E-state index < -0.39 is 22.4 Å². The number of amides is 1. The van der Waals surface area contributed by atoms with Crippen LogP contribution in [0.2, 0.25) is 0 Å². The van der Waals surface area contributed by atoms with E-state index in [4.69, 9.17) is 0 Å². The molecule has 1 heterocycles. The number of piperidine rings is 1. The van der Waals surface area contributed by atoms with Crippen LogP contribution in [-0.4, -0.2) is 55.0 Å². The third-order valence-corrected chi connectivity index (χ3v) is 5.33. The Kier molecular flexibility index (Phi) is 7.83. The Morgan fingerprint density at radius 2 is 1.90 bits per heavy atom. The van der Waals surface area contributed by atoms with Gasteiger partial charge in [0.1, 0.15) is 5.69 Å². The summed E-state index contributed by atoms with van der Waals surface area (Å²) in [5, 5.41) is 14.2. The minimum Gasteiger partial charge on any atom is -0.366 e. The average Bonchev–Trinajstić information content (AvgIpc) is 2.70. The smallest absolute Gasteiger partial charge is 0.366 e. The van der Waals surface area contributed by atoms with E-state index in [1.165, 1.54) is 0 Å². The number of nitrogens with one attached hydrogen (secondary N) is 1. The number of rotatable bonds is 8. The van der Waals surface area contributed by atoms with Crippen LogP contribution < -0.4 is 10.2 Å². The van der Waals surface area contributed by atoms with Crippen molar-refractivity contribution in [3.05, 3.63) is 33.9 Å². The first kappa shape index (κ1) is 22.9. The second kappa shape index (κ2) is 9.91. The van der Waals surface area contributed by atoms with Gasteiger partial charge in [0.25, 0.3) is 5.69 Å². The molecule has 1 aliphatic heterocycles. The molecule has 0 spiro atoms. The normalized spacial score (nSPS) is 15.6. The lowest BCUT2D eigenvalue weighted by Gasteiger charge is -2.33. The lowest BCUT2D eigenvalue weighted by molar-refractivity contribution is -0.384. The van der Waals surface area contributed by atoms with E-state index in [0.29, 0.717) is 38.5 Å². The summed E-state index contributed by atoms with van der Waals surface area (Å²) in [4.78, 5) is 26.7. The van der Waals surface area contributed by atoms with Crippen LogP contribution in [0, 0.1) is 16.0 Å². The maximum Gasteiger partial charge on any atom is 0.416 e. The number of benzene rings is 1. The van der Waals surface area contributed by atoms with Gasteiger partial charge in [0.2, 0.25) is 5.91 Å². The zero-order chi connectivity index (χ0) is 21.6. The van der Waals surface area contributed by atoms with Crippen LogP contribution >= 0.6 is 0 Å². The van der Waals surface area contributed by atoms with Crippen LogP contribution in [0.5, 0.6) is 0 Å². The molecule has 1 aromatic carbocycles. The first-order valence-electron chi connectivity index (χ1n) is 9.78. The fourth-order valence-corrected chi connectivity index (χ4v) is 3.52. The van der Waals surface area contributed by atoms with E-state index in [0.717, 1.165) is 31.8 Å². The van der Waals surface area contributed by atoms with Crippen LogP contribution in [0.1, 0.15) is 32.3 Å². The molecule has 0 aromatic heterocycles. The van der Waals surface area contributed by atoms with Crippen LogP contribution in [-0.2, 0) is 11.0 Å². The highest BCUT2D eigenvalue weighted by atomic mass is 19.4. The molecule has 0 unspecified atom stereocenters. The van der Waals surface area contributed by atoms with E-state index in [-0.39, 0.29) is 17.5 Å².